The molecule has 1 atom stereocenters. The van der Waals surface area contributed by atoms with Crippen molar-refractivity contribution in [3.05, 3.63) is 35.4 Å². The van der Waals surface area contributed by atoms with Crippen LogP contribution in [-0.4, -0.2) is 5.78 Å². The van der Waals surface area contributed by atoms with E-state index in [1.54, 1.807) is 0 Å². The molecule has 0 aliphatic heterocycles. The second kappa shape index (κ2) is 4.09. The predicted octanol–water partition coefficient (Wildman–Crippen LogP) is 2.88. The molecule has 1 unspecified atom stereocenters. The molecule has 0 heterocycles. The second-order valence-corrected chi connectivity index (χ2v) is 4.05. The van der Waals surface area contributed by atoms with E-state index in [1.165, 1.54) is 18.2 Å². The van der Waals surface area contributed by atoms with Gasteiger partial charge in [0.2, 0.25) is 0 Å². The van der Waals surface area contributed by atoms with Gasteiger partial charge >= 0.3 is 0 Å². The summed E-state index contributed by atoms with van der Waals surface area (Å²) in [5, 5.41) is 0. The predicted molar refractivity (Wildman–Crippen MR) is 52.4 cm³/mol. The summed E-state index contributed by atoms with van der Waals surface area (Å²) in [6.45, 7) is 0. The monoisotopic (exact) mass is 210 g/mol. The second-order valence-electron chi connectivity index (χ2n) is 4.05. The Morgan fingerprint density at radius 2 is 1.93 bits per heavy atom. The van der Waals surface area contributed by atoms with Gasteiger partial charge < -0.3 is 0 Å². The van der Waals surface area contributed by atoms with E-state index in [0.717, 1.165) is 6.42 Å². The Kier molecular flexibility index (Phi) is 2.80. The zero-order valence-electron chi connectivity index (χ0n) is 8.30. The smallest absolute Gasteiger partial charge is 0.133 e. The van der Waals surface area contributed by atoms with Crippen molar-refractivity contribution in [1.82, 2.24) is 0 Å². The third kappa shape index (κ3) is 2.22. The van der Waals surface area contributed by atoms with Gasteiger partial charge in [-0.1, -0.05) is 6.07 Å². The zero-order chi connectivity index (χ0) is 10.8. The van der Waals surface area contributed by atoms with Gasteiger partial charge in [-0.25, -0.2) is 8.78 Å². The van der Waals surface area contributed by atoms with E-state index >= 15 is 0 Å². The largest absolute Gasteiger partial charge is 0.300 e. The summed E-state index contributed by atoms with van der Waals surface area (Å²) in [5.41, 5.74) is 0.122. The minimum absolute atomic E-state index is 0.115. The molecular formula is C12H12F2O. The highest BCUT2D eigenvalue weighted by atomic mass is 19.1. The van der Waals surface area contributed by atoms with Gasteiger partial charge in [-0.2, -0.15) is 0 Å². The van der Waals surface area contributed by atoms with Crippen LogP contribution in [0, 0.1) is 17.6 Å². The topological polar surface area (TPSA) is 17.1 Å². The van der Waals surface area contributed by atoms with Gasteiger partial charge in [-0.3, -0.25) is 4.79 Å². The molecule has 2 rings (SSSR count). The van der Waals surface area contributed by atoms with Gasteiger partial charge in [0, 0.05) is 18.4 Å². The van der Waals surface area contributed by atoms with Crippen LogP contribution in [0.4, 0.5) is 8.78 Å². The number of carbonyl (C=O) groups is 1. The van der Waals surface area contributed by atoms with E-state index < -0.39 is 11.6 Å². The third-order valence-electron chi connectivity index (χ3n) is 2.90. The lowest BCUT2D eigenvalue weighted by Gasteiger charge is -2.09. The molecule has 15 heavy (non-hydrogen) atoms. The van der Waals surface area contributed by atoms with Crippen molar-refractivity contribution in [2.24, 2.45) is 5.92 Å². The SMILES string of the molecule is O=C1CCC(Cc2c(F)cccc2F)C1. The minimum Gasteiger partial charge on any atom is -0.300 e. The van der Waals surface area contributed by atoms with E-state index in [0.29, 0.717) is 19.3 Å². The highest BCUT2D eigenvalue weighted by molar-refractivity contribution is 5.80. The fourth-order valence-electron chi connectivity index (χ4n) is 2.08. The number of benzene rings is 1. The fraction of sp³-hybridized carbons (Fsp3) is 0.417. The molecule has 0 N–H and O–H groups in total. The number of halogens is 2. The maximum Gasteiger partial charge on any atom is 0.133 e. The Labute approximate surface area is 87.1 Å². The maximum atomic E-state index is 13.3. The quantitative estimate of drug-likeness (QED) is 0.733. The van der Waals surface area contributed by atoms with Gasteiger partial charge in [-0.15, -0.1) is 0 Å². The molecule has 80 valence electrons. The van der Waals surface area contributed by atoms with Crippen molar-refractivity contribution < 1.29 is 13.6 Å². The molecule has 1 saturated carbocycles. The van der Waals surface area contributed by atoms with Crippen LogP contribution in [-0.2, 0) is 11.2 Å². The Morgan fingerprint density at radius 3 is 2.47 bits per heavy atom. The number of carbonyl (C=O) groups excluding carboxylic acids is 1. The standard InChI is InChI=1S/C12H12F2O/c13-11-2-1-3-12(14)10(11)7-8-4-5-9(15)6-8/h1-3,8H,4-7H2. The van der Waals surface area contributed by atoms with Crippen LogP contribution in [0.1, 0.15) is 24.8 Å². The molecule has 1 fully saturated rings. The van der Waals surface area contributed by atoms with Crippen LogP contribution in [0.3, 0.4) is 0 Å². The van der Waals surface area contributed by atoms with Gasteiger partial charge in [0.25, 0.3) is 0 Å². The molecule has 0 aromatic heterocycles. The first-order valence-electron chi connectivity index (χ1n) is 5.11. The molecule has 1 nitrogen and oxygen atoms in total. The van der Waals surface area contributed by atoms with Gasteiger partial charge in [0.1, 0.15) is 17.4 Å². The van der Waals surface area contributed by atoms with Crippen molar-refractivity contribution >= 4 is 5.78 Å². The van der Waals surface area contributed by atoms with E-state index in [1.807, 2.05) is 0 Å². The van der Waals surface area contributed by atoms with Crippen molar-refractivity contribution in [2.75, 3.05) is 0 Å². The van der Waals surface area contributed by atoms with Crippen LogP contribution >= 0.6 is 0 Å². The summed E-state index contributed by atoms with van der Waals surface area (Å²) in [4.78, 5) is 11.0. The summed E-state index contributed by atoms with van der Waals surface area (Å²) >= 11 is 0. The average Bonchev–Trinajstić information content (AvgIpc) is 2.58. The highest BCUT2D eigenvalue weighted by Gasteiger charge is 2.24. The summed E-state index contributed by atoms with van der Waals surface area (Å²) in [6, 6.07) is 3.87. The molecular weight excluding hydrogens is 198 g/mol. The van der Waals surface area contributed by atoms with Crippen LogP contribution in [0.2, 0.25) is 0 Å². The van der Waals surface area contributed by atoms with Crippen molar-refractivity contribution in [2.45, 2.75) is 25.7 Å². The molecule has 0 spiro atoms. The van der Waals surface area contributed by atoms with E-state index in [-0.39, 0.29) is 17.3 Å². The summed E-state index contributed by atoms with van der Waals surface area (Å²) in [5.74, 6) is -0.690. The lowest BCUT2D eigenvalue weighted by atomic mass is 9.97. The van der Waals surface area contributed by atoms with E-state index in [4.69, 9.17) is 0 Å². The number of ketones is 1. The third-order valence-corrected chi connectivity index (χ3v) is 2.90. The average molecular weight is 210 g/mol. The van der Waals surface area contributed by atoms with Gasteiger partial charge in [0.15, 0.2) is 0 Å². The zero-order valence-corrected chi connectivity index (χ0v) is 8.30. The molecule has 1 aromatic rings. The first-order valence-corrected chi connectivity index (χ1v) is 5.11. The van der Waals surface area contributed by atoms with Gasteiger partial charge in [0.05, 0.1) is 0 Å². The molecule has 0 bridgehead atoms. The van der Waals surface area contributed by atoms with Gasteiger partial charge in [-0.05, 0) is 30.9 Å². The molecule has 1 aliphatic carbocycles. The number of rotatable bonds is 2. The first-order chi connectivity index (χ1) is 7.16. The van der Waals surface area contributed by atoms with Crippen molar-refractivity contribution in [3.63, 3.8) is 0 Å². The Balaban J connectivity index is 2.13. The van der Waals surface area contributed by atoms with Crippen molar-refractivity contribution in [1.29, 1.82) is 0 Å². The fourth-order valence-corrected chi connectivity index (χ4v) is 2.08. The van der Waals surface area contributed by atoms with E-state index in [2.05, 4.69) is 0 Å². The van der Waals surface area contributed by atoms with Crippen LogP contribution in [0.5, 0.6) is 0 Å². The summed E-state index contributed by atoms with van der Waals surface area (Å²) in [7, 11) is 0. The lowest BCUT2D eigenvalue weighted by molar-refractivity contribution is -0.117. The summed E-state index contributed by atoms with van der Waals surface area (Å²) < 4.78 is 26.6. The molecule has 0 radical (unpaired) electrons. The summed E-state index contributed by atoms with van der Waals surface area (Å²) in [6.07, 6.45) is 2.12. The molecule has 0 amide bonds. The Hall–Kier alpha value is -1.25. The Bertz CT molecular complexity index is 367. The molecule has 1 aliphatic rings. The molecule has 3 heteroatoms. The number of hydrogen-bond donors (Lipinski definition) is 0. The van der Waals surface area contributed by atoms with Crippen LogP contribution < -0.4 is 0 Å². The lowest BCUT2D eigenvalue weighted by Crippen LogP contribution is -2.04. The first kappa shape index (κ1) is 10.3. The maximum absolute atomic E-state index is 13.3. The molecule has 1 aromatic carbocycles. The molecule has 0 saturated heterocycles. The van der Waals surface area contributed by atoms with Crippen LogP contribution in [0.15, 0.2) is 18.2 Å². The normalized spacial score (nSPS) is 20.9. The highest BCUT2D eigenvalue weighted by Crippen LogP contribution is 2.27. The minimum atomic E-state index is -0.505. The van der Waals surface area contributed by atoms with E-state index in [9.17, 15) is 13.6 Å². The number of Topliss-reactive ketones (excluding diaryl/α,β-unsaturated/α-hetero) is 1. The van der Waals surface area contributed by atoms with Crippen molar-refractivity contribution in [3.8, 4) is 0 Å². The number of hydrogen-bond acceptors (Lipinski definition) is 1. The Morgan fingerprint density at radius 1 is 1.27 bits per heavy atom. The van der Waals surface area contributed by atoms with Crippen LogP contribution in [0.25, 0.3) is 0 Å².